The average molecular weight is 416 g/mol. The highest BCUT2D eigenvalue weighted by atomic mass is 32.2. The van der Waals surface area contributed by atoms with Crippen LogP contribution in [0.1, 0.15) is 26.5 Å². The predicted octanol–water partition coefficient (Wildman–Crippen LogP) is 1.73. The van der Waals surface area contributed by atoms with Gasteiger partial charge in [-0.15, -0.1) is 0 Å². The molecule has 1 fully saturated rings. The Hall–Kier alpha value is -2.75. The van der Waals surface area contributed by atoms with Gasteiger partial charge in [-0.3, -0.25) is 0 Å². The number of aromatic nitrogens is 5. The second-order valence-electron chi connectivity index (χ2n) is 8.17. The number of hydrogen-bond donors (Lipinski definition) is 0. The van der Waals surface area contributed by atoms with Crippen LogP contribution in [0.15, 0.2) is 35.7 Å². The standard InChI is InChI=1S/C19H25N7O2S/c1-14-11-17(26-18(23-14)21-13-22-26)25-9-7-24(8-10-25)15-5-6-16(20-12-15)29(27,28)19(2,3)4/h5-6,11-13H,7-10H2,1-4H3. The van der Waals surface area contributed by atoms with E-state index in [-0.39, 0.29) is 5.03 Å². The van der Waals surface area contributed by atoms with E-state index in [4.69, 9.17) is 0 Å². The van der Waals surface area contributed by atoms with Crippen LogP contribution in [0, 0.1) is 6.92 Å². The highest BCUT2D eigenvalue weighted by molar-refractivity contribution is 7.92. The Labute approximate surface area is 170 Å². The summed E-state index contributed by atoms with van der Waals surface area (Å²) in [5.41, 5.74) is 1.83. The first-order valence-corrected chi connectivity index (χ1v) is 11.0. The van der Waals surface area contributed by atoms with Crippen molar-refractivity contribution in [2.45, 2.75) is 37.5 Å². The fourth-order valence-electron chi connectivity index (χ4n) is 3.36. The van der Waals surface area contributed by atoms with Gasteiger partial charge in [-0.1, -0.05) is 0 Å². The van der Waals surface area contributed by atoms with Gasteiger partial charge in [0, 0.05) is 37.9 Å². The van der Waals surface area contributed by atoms with Crippen LogP contribution in [0.2, 0.25) is 0 Å². The van der Waals surface area contributed by atoms with Crippen molar-refractivity contribution in [1.29, 1.82) is 0 Å². The first-order chi connectivity index (χ1) is 13.7. The Bertz CT molecular complexity index is 1130. The largest absolute Gasteiger partial charge is 0.367 e. The molecule has 0 unspecified atom stereocenters. The van der Waals surface area contributed by atoms with Crippen LogP contribution in [0.5, 0.6) is 0 Å². The quantitative estimate of drug-likeness (QED) is 0.638. The number of hydrogen-bond acceptors (Lipinski definition) is 8. The van der Waals surface area contributed by atoms with Gasteiger partial charge in [0.05, 0.1) is 16.6 Å². The zero-order valence-corrected chi connectivity index (χ0v) is 17.9. The molecular formula is C19H25N7O2S. The second-order valence-corrected chi connectivity index (χ2v) is 10.8. The summed E-state index contributed by atoms with van der Waals surface area (Å²) < 4.78 is 26.0. The maximum Gasteiger partial charge on any atom is 0.254 e. The molecular weight excluding hydrogens is 390 g/mol. The molecule has 0 aliphatic carbocycles. The van der Waals surface area contributed by atoms with Gasteiger partial charge in [0.15, 0.2) is 14.9 Å². The summed E-state index contributed by atoms with van der Waals surface area (Å²) in [5, 5.41) is 4.40. The summed E-state index contributed by atoms with van der Waals surface area (Å²) in [6, 6.07) is 5.46. The monoisotopic (exact) mass is 415 g/mol. The highest BCUT2D eigenvalue weighted by Gasteiger charge is 2.32. The first-order valence-electron chi connectivity index (χ1n) is 9.55. The van der Waals surface area contributed by atoms with Crippen LogP contribution in [0.25, 0.3) is 5.78 Å². The molecule has 3 aromatic heterocycles. The molecule has 0 radical (unpaired) electrons. The molecule has 154 valence electrons. The Morgan fingerprint density at radius 1 is 1.00 bits per heavy atom. The van der Waals surface area contributed by atoms with E-state index in [1.807, 2.05) is 19.1 Å². The lowest BCUT2D eigenvalue weighted by Crippen LogP contribution is -2.47. The maximum atomic E-state index is 12.6. The predicted molar refractivity (Wildman–Crippen MR) is 111 cm³/mol. The summed E-state index contributed by atoms with van der Waals surface area (Å²) in [7, 11) is -3.45. The molecule has 0 N–H and O–H groups in total. The van der Waals surface area contributed by atoms with E-state index in [0.29, 0.717) is 5.78 Å². The zero-order valence-electron chi connectivity index (χ0n) is 17.1. The SMILES string of the molecule is Cc1cc(N2CCN(c3ccc(S(=O)(=O)C(C)(C)C)nc3)CC2)n2ncnc2n1. The number of anilines is 2. The molecule has 0 atom stereocenters. The molecule has 1 aliphatic rings. The third-order valence-electron chi connectivity index (χ3n) is 5.13. The van der Waals surface area contributed by atoms with Crippen LogP contribution < -0.4 is 9.80 Å². The van der Waals surface area contributed by atoms with Crippen LogP contribution >= 0.6 is 0 Å². The van der Waals surface area contributed by atoms with Crippen molar-refractivity contribution >= 4 is 27.1 Å². The number of fused-ring (bicyclic) bond motifs is 1. The number of aryl methyl sites for hydroxylation is 1. The Kier molecular flexibility index (Phi) is 4.68. The van der Waals surface area contributed by atoms with E-state index in [2.05, 4.69) is 29.9 Å². The minimum Gasteiger partial charge on any atom is -0.367 e. The summed E-state index contributed by atoms with van der Waals surface area (Å²) in [5.74, 6) is 1.58. The lowest BCUT2D eigenvalue weighted by molar-refractivity contribution is 0.556. The molecule has 0 saturated carbocycles. The summed E-state index contributed by atoms with van der Waals surface area (Å²) in [4.78, 5) is 17.3. The summed E-state index contributed by atoms with van der Waals surface area (Å²) in [6.07, 6.45) is 3.17. The zero-order chi connectivity index (χ0) is 20.8. The molecule has 3 aromatic rings. The molecule has 9 nitrogen and oxygen atoms in total. The van der Waals surface area contributed by atoms with Crippen molar-refractivity contribution in [3.63, 3.8) is 0 Å². The minimum atomic E-state index is -3.45. The molecule has 29 heavy (non-hydrogen) atoms. The summed E-state index contributed by atoms with van der Waals surface area (Å²) in [6.45, 7) is 10.2. The molecule has 0 amide bonds. The molecule has 0 bridgehead atoms. The number of rotatable bonds is 3. The van der Waals surface area contributed by atoms with E-state index in [1.54, 1.807) is 37.5 Å². The minimum absolute atomic E-state index is 0.119. The van der Waals surface area contributed by atoms with E-state index >= 15 is 0 Å². The molecule has 1 aliphatic heterocycles. The normalized spacial score (nSPS) is 15.9. The van der Waals surface area contributed by atoms with Crippen molar-refractivity contribution in [3.8, 4) is 0 Å². The fourth-order valence-corrected chi connectivity index (χ4v) is 4.43. The number of sulfone groups is 1. The smallest absolute Gasteiger partial charge is 0.254 e. The van der Waals surface area contributed by atoms with Crippen LogP contribution in [0.4, 0.5) is 11.5 Å². The number of piperazine rings is 1. The van der Waals surface area contributed by atoms with Gasteiger partial charge in [-0.25, -0.2) is 18.4 Å². The Balaban J connectivity index is 1.49. The second kappa shape index (κ2) is 6.94. The number of pyridine rings is 1. The van der Waals surface area contributed by atoms with Gasteiger partial charge < -0.3 is 9.80 Å². The lowest BCUT2D eigenvalue weighted by atomic mass is 10.2. The number of nitrogens with zero attached hydrogens (tertiary/aromatic N) is 7. The fraction of sp³-hybridized carbons (Fsp3) is 0.474. The highest BCUT2D eigenvalue weighted by Crippen LogP contribution is 2.26. The molecule has 10 heteroatoms. The van der Waals surface area contributed by atoms with Crippen molar-refractivity contribution in [1.82, 2.24) is 24.6 Å². The van der Waals surface area contributed by atoms with Crippen molar-refractivity contribution in [2.24, 2.45) is 0 Å². The van der Waals surface area contributed by atoms with Gasteiger partial charge >= 0.3 is 0 Å². The van der Waals surface area contributed by atoms with Crippen molar-refractivity contribution < 1.29 is 8.42 Å². The van der Waals surface area contributed by atoms with E-state index in [1.165, 1.54) is 6.33 Å². The lowest BCUT2D eigenvalue weighted by Gasteiger charge is -2.37. The average Bonchev–Trinajstić information content (AvgIpc) is 3.15. The van der Waals surface area contributed by atoms with Gasteiger partial charge in [0.25, 0.3) is 5.78 Å². The van der Waals surface area contributed by atoms with Crippen molar-refractivity contribution in [2.75, 3.05) is 36.0 Å². The molecule has 0 aromatic carbocycles. The van der Waals surface area contributed by atoms with Gasteiger partial charge in [0.1, 0.15) is 12.1 Å². The van der Waals surface area contributed by atoms with Gasteiger partial charge in [-0.05, 0) is 39.8 Å². The van der Waals surface area contributed by atoms with E-state index < -0.39 is 14.6 Å². The van der Waals surface area contributed by atoms with E-state index in [9.17, 15) is 8.42 Å². The molecule has 4 rings (SSSR count). The van der Waals surface area contributed by atoms with E-state index in [0.717, 1.165) is 43.4 Å². The van der Waals surface area contributed by atoms with Gasteiger partial charge in [-0.2, -0.15) is 14.6 Å². The topological polar surface area (TPSA) is 96.6 Å². The molecule has 4 heterocycles. The Morgan fingerprint density at radius 3 is 2.31 bits per heavy atom. The van der Waals surface area contributed by atoms with Crippen molar-refractivity contribution in [3.05, 3.63) is 36.4 Å². The molecule has 0 spiro atoms. The van der Waals surface area contributed by atoms with Crippen LogP contribution in [-0.2, 0) is 9.84 Å². The molecule has 1 saturated heterocycles. The third kappa shape index (κ3) is 3.52. The third-order valence-corrected chi connectivity index (χ3v) is 7.54. The van der Waals surface area contributed by atoms with Crippen LogP contribution in [-0.4, -0.2) is 63.9 Å². The maximum absolute atomic E-state index is 12.6. The van der Waals surface area contributed by atoms with Gasteiger partial charge in [0.2, 0.25) is 0 Å². The Morgan fingerprint density at radius 2 is 1.69 bits per heavy atom. The van der Waals surface area contributed by atoms with Crippen LogP contribution in [0.3, 0.4) is 0 Å². The first kappa shape index (κ1) is 19.6. The summed E-state index contributed by atoms with van der Waals surface area (Å²) >= 11 is 0.